The minimum atomic E-state index is -0.662. The van der Waals surface area contributed by atoms with Gasteiger partial charge in [0.2, 0.25) is 11.8 Å². The van der Waals surface area contributed by atoms with Gasteiger partial charge in [-0.05, 0) is 124 Å². The van der Waals surface area contributed by atoms with Crippen LogP contribution in [0.25, 0.3) is 0 Å². The molecule has 2 aromatic rings. The van der Waals surface area contributed by atoms with Gasteiger partial charge in [0.1, 0.15) is 11.5 Å². The molecule has 0 bridgehead atoms. The molecule has 5 rings (SSSR count). The lowest BCUT2D eigenvalue weighted by molar-refractivity contribution is -0.124. The lowest BCUT2D eigenvalue weighted by Gasteiger charge is -2.33. The normalized spacial score (nSPS) is 29.2. The van der Waals surface area contributed by atoms with E-state index in [-0.39, 0.29) is 17.2 Å². The van der Waals surface area contributed by atoms with E-state index in [2.05, 4.69) is 59.6 Å². The predicted octanol–water partition coefficient (Wildman–Crippen LogP) is 7.23. The van der Waals surface area contributed by atoms with Crippen molar-refractivity contribution in [3.63, 3.8) is 0 Å². The van der Waals surface area contributed by atoms with Gasteiger partial charge >= 0.3 is 0 Å². The molecule has 2 amide bonds. The molecular formula is C31H38Br2N2O4. The molecule has 1 aliphatic carbocycles. The lowest BCUT2D eigenvalue weighted by atomic mass is 9.69. The fourth-order valence-corrected chi connectivity index (χ4v) is 8.77. The topological polar surface area (TPSA) is 59.1 Å². The molecule has 39 heavy (non-hydrogen) atoms. The van der Waals surface area contributed by atoms with Gasteiger partial charge in [-0.1, -0.05) is 13.8 Å². The summed E-state index contributed by atoms with van der Waals surface area (Å²) in [6.45, 7) is 8.80. The number of likely N-dealkylation sites (N-methyl/N-ethyl adjacent to an activating group) is 2. The van der Waals surface area contributed by atoms with Crippen molar-refractivity contribution in [3.8, 4) is 11.5 Å². The van der Waals surface area contributed by atoms with Gasteiger partial charge in [0.25, 0.3) is 0 Å². The van der Waals surface area contributed by atoms with Crippen molar-refractivity contribution < 1.29 is 19.1 Å². The van der Waals surface area contributed by atoms with E-state index in [0.29, 0.717) is 11.8 Å². The average Bonchev–Trinajstić information content (AvgIpc) is 3.32. The smallest absolute Gasteiger partial charge is 0.237 e. The van der Waals surface area contributed by atoms with Crippen molar-refractivity contribution in [3.05, 3.63) is 44.3 Å². The molecule has 0 spiro atoms. The van der Waals surface area contributed by atoms with Gasteiger partial charge in [0.05, 0.1) is 34.0 Å². The third-order valence-corrected chi connectivity index (χ3v) is 10.9. The quantitative estimate of drug-likeness (QED) is 0.328. The average molecular weight is 662 g/mol. The standard InChI is InChI=1S/C31H38Br2N2O4/c1-29(2)13-17(15-30(3)19-9-25(38-7)21(32)11-23(19)34(5)27(30)36)18(14-29)16-31(4)20-10-26(39-8)22(33)12-24(20)35(6)28(31)37/h9-12,17-18H,13-16H2,1-8H3/t17-,18-,30-,31-/m0/s1. The molecular weight excluding hydrogens is 624 g/mol. The molecule has 1 saturated carbocycles. The number of hydrogen-bond donors (Lipinski definition) is 0. The van der Waals surface area contributed by atoms with Crippen LogP contribution < -0.4 is 19.3 Å². The number of fused-ring (bicyclic) bond motifs is 2. The molecule has 210 valence electrons. The summed E-state index contributed by atoms with van der Waals surface area (Å²) in [5.74, 6) is 2.27. The summed E-state index contributed by atoms with van der Waals surface area (Å²) in [7, 11) is 7.03. The van der Waals surface area contributed by atoms with Crippen LogP contribution in [0.1, 0.15) is 64.5 Å². The number of carbonyl (C=O) groups excluding carboxylic acids is 2. The van der Waals surface area contributed by atoms with Crippen LogP contribution in [0.4, 0.5) is 11.4 Å². The summed E-state index contributed by atoms with van der Waals surface area (Å²) in [6, 6.07) is 8.02. The molecule has 0 unspecified atom stereocenters. The van der Waals surface area contributed by atoms with E-state index in [1.165, 1.54) is 0 Å². The Balaban J connectivity index is 1.52. The summed E-state index contributed by atoms with van der Waals surface area (Å²) in [5.41, 5.74) is 2.69. The first-order valence-electron chi connectivity index (χ1n) is 13.5. The second-order valence-corrected chi connectivity index (χ2v) is 14.6. The monoisotopic (exact) mass is 660 g/mol. The number of carbonyl (C=O) groups is 2. The molecule has 6 nitrogen and oxygen atoms in total. The zero-order chi connectivity index (χ0) is 28.7. The van der Waals surface area contributed by atoms with E-state index in [0.717, 1.165) is 68.6 Å². The Morgan fingerprint density at radius 3 is 1.44 bits per heavy atom. The zero-order valence-electron chi connectivity index (χ0n) is 24.1. The first-order chi connectivity index (χ1) is 18.2. The Morgan fingerprint density at radius 2 is 1.10 bits per heavy atom. The Hall–Kier alpha value is -2.06. The van der Waals surface area contributed by atoms with Crippen LogP contribution in [0.3, 0.4) is 0 Å². The van der Waals surface area contributed by atoms with Gasteiger partial charge in [0.15, 0.2) is 0 Å². The van der Waals surface area contributed by atoms with Crippen LogP contribution >= 0.6 is 31.9 Å². The number of nitrogens with zero attached hydrogens (tertiary/aromatic N) is 2. The Kier molecular flexibility index (Phi) is 6.94. The molecule has 2 heterocycles. The second-order valence-electron chi connectivity index (χ2n) is 12.9. The van der Waals surface area contributed by atoms with Crippen LogP contribution in [0.5, 0.6) is 11.5 Å². The Bertz CT molecular complexity index is 1270. The number of methoxy groups -OCH3 is 2. The maximum atomic E-state index is 13.8. The van der Waals surface area contributed by atoms with Gasteiger partial charge < -0.3 is 19.3 Å². The van der Waals surface area contributed by atoms with Crippen molar-refractivity contribution in [1.29, 1.82) is 0 Å². The van der Waals surface area contributed by atoms with Gasteiger partial charge in [-0.3, -0.25) is 9.59 Å². The number of rotatable bonds is 6. The first-order valence-corrected chi connectivity index (χ1v) is 15.1. The second kappa shape index (κ2) is 9.51. The number of ether oxygens (including phenoxy) is 2. The number of hydrogen-bond acceptors (Lipinski definition) is 4. The van der Waals surface area contributed by atoms with Crippen LogP contribution in [-0.4, -0.2) is 40.1 Å². The highest BCUT2D eigenvalue weighted by molar-refractivity contribution is 9.11. The van der Waals surface area contributed by atoms with Crippen molar-refractivity contribution in [1.82, 2.24) is 0 Å². The molecule has 2 aliphatic heterocycles. The summed E-state index contributed by atoms with van der Waals surface area (Å²) in [5, 5.41) is 0. The molecule has 4 atom stereocenters. The summed E-state index contributed by atoms with van der Waals surface area (Å²) >= 11 is 7.18. The van der Waals surface area contributed by atoms with Crippen molar-refractivity contribution in [2.75, 3.05) is 38.1 Å². The third kappa shape index (κ3) is 4.32. The van der Waals surface area contributed by atoms with Crippen LogP contribution in [-0.2, 0) is 20.4 Å². The highest BCUT2D eigenvalue weighted by Crippen LogP contribution is 2.58. The summed E-state index contributed by atoms with van der Waals surface area (Å²) < 4.78 is 12.9. The molecule has 8 heteroatoms. The number of amides is 2. The fourth-order valence-electron chi connectivity index (χ4n) is 7.78. The van der Waals surface area contributed by atoms with Crippen LogP contribution in [0.2, 0.25) is 0 Å². The van der Waals surface area contributed by atoms with Crippen LogP contribution in [0.15, 0.2) is 33.2 Å². The highest BCUT2D eigenvalue weighted by Gasteiger charge is 2.54. The van der Waals surface area contributed by atoms with Gasteiger partial charge in [-0.2, -0.15) is 0 Å². The number of halogens is 2. The largest absolute Gasteiger partial charge is 0.496 e. The molecule has 2 aromatic carbocycles. The van der Waals surface area contributed by atoms with Gasteiger partial charge in [-0.25, -0.2) is 0 Å². The van der Waals surface area contributed by atoms with Crippen LogP contribution in [0, 0.1) is 17.3 Å². The van der Waals surface area contributed by atoms with E-state index in [9.17, 15) is 9.59 Å². The molecule has 0 saturated heterocycles. The van der Waals surface area contributed by atoms with E-state index < -0.39 is 10.8 Å². The Labute approximate surface area is 248 Å². The van der Waals surface area contributed by atoms with Crippen molar-refractivity contribution in [2.45, 2.75) is 64.2 Å². The summed E-state index contributed by atoms with van der Waals surface area (Å²) in [6.07, 6.45) is 3.51. The molecule has 1 fully saturated rings. The van der Waals surface area contributed by atoms with E-state index in [1.54, 1.807) is 24.0 Å². The highest BCUT2D eigenvalue weighted by atomic mass is 79.9. The number of benzene rings is 2. The van der Waals surface area contributed by atoms with Gasteiger partial charge in [-0.15, -0.1) is 0 Å². The summed E-state index contributed by atoms with van der Waals surface area (Å²) in [4.78, 5) is 31.2. The maximum absolute atomic E-state index is 13.8. The SMILES string of the molecule is COc1cc2c(cc1Br)N(C)C(=O)[C@@]2(C)C[C@@H]1CC(C)(C)C[C@H]1C[C@]1(C)C(=O)N(C)c2cc(Br)c(OC)cc21. The molecule has 0 aromatic heterocycles. The molecule has 3 aliphatic rings. The number of anilines is 2. The van der Waals surface area contributed by atoms with Crippen molar-refractivity contribution in [2.24, 2.45) is 17.3 Å². The van der Waals surface area contributed by atoms with Gasteiger partial charge in [0, 0.05) is 25.5 Å². The minimum Gasteiger partial charge on any atom is -0.496 e. The molecule has 0 N–H and O–H groups in total. The minimum absolute atomic E-state index is 0.115. The lowest BCUT2D eigenvalue weighted by Crippen LogP contribution is -2.40. The van der Waals surface area contributed by atoms with E-state index >= 15 is 0 Å². The Morgan fingerprint density at radius 1 is 0.744 bits per heavy atom. The first kappa shape index (κ1) is 28.5. The zero-order valence-corrected chi connectivity index (χ0v) is 27.2. The third-order valence-electron chi connectivity index (χ3n) is 9.64. The van der Waals surface area contributed by atoms with Crippen molar-refractivity contribution >= 4 is 55.0 Å². The predicted molar refractivity (Wildman–Crippen MR) is 162 cm³/mol. The maximum Gasteiger partial charge on any atom is 0.237 e. The fraction of sp³-hybridized carbons (Fsp3) is 0.548. The van der Waals surface area contributed by atoms with E-state index in [1.807, 2.05) is 38.4 Å². The molecule has 0 radical (unpaired) electrons. The van der Waals surface area contributed by atoms with E-state index in [4.69, 9.17) is 9.47 Å².